The van der Waals surface area contributed by atoms with Crippen LogP contribution in [0.4, 0.5) is 5.69 Å². The zero-order valence-electron chi connectivity index (χ0n) is 13.9. The standard InChI is InChI=1S/C18H17N5OS/c1-12-5-3-4-6-16(12)17-21-22-18(25)23(17)19-11-14-7-9-15(10-8-14)20-13(2)24/h3-11H,1-2H3,(H,20,24)(H,22,25)/b19-11-. The SMILES string of the molecule is CC(=O)Nc1ccc(/C=N\n2c(-c3ccccc3C)n[nH]c2=S)cc1. The van der Waals surface area contributed by atoms with E-state index in [2.05, 4.69) is 20.6 Å². The van der Waals surface area contributed by atoms with Crippen molar-refractivity contribution in [3.8, 4) is 11.4 Å². The molecule has 0 atom stereocenters. The number of rotatable bonds is 4. The molecule has 1 heterocycles. The first-order valence-corrected chi connectivity index (χ1v) is 8.11. The minimum atomic E-state index is -0.103. The Morgan fingerprint density at radius 3 is 2.64 bits per heavy atom. The Balaban J connectivity index is 1.90. The number of H-pyrrole nitrogens is 1. The van der Waals surface area contributed by atoms with Crippen LogP contribution in [0.2, 0.25) is 0 Å². The van der Waals surface area contributed by atoms with E-state index in [1.54, 1.807) is 10.9 Å². The molecule has 0 aliphatic rings. The molecule has 0 bridgehead atoms. The molecule has 0 unspecified atom stereocenters. The molecule has 1 amide bonds. The molecule has 3 aromatic rings. The molecule has 0 radical (unpaired) electrons. The average Bonchev–Trinajstić information content (AvgIpc) is 2.95. The summed E-state index contributed by atoms with van der Waals surface area (Å²) in [6.07, 6.45) is 1.70. The van der Waals surface area contributed by atoms with Crippen LogP contribution in [0.1, 0.15) is 18.1 Å². The molecule has 0 aliphatic carbocycles. The van der Waals surface area contributed by atoms with Gasteiger partial charge in [0.1, 0.15) is 0 Å². The summed E-state index contributed by atoms with van der Waals surface area (Å²) in [5, 5.41) is 14.3. The van der Waals surface area contributed by atoms with Gasteiger partial charge in [0.2, 0.25) is 10.7 Å². The molecule has 2 aromatic carbocycles. The fourth-order valence-corrected chi connectivity index (χ4v) is 2.56. The summed E-state index contributed by atoms with van der Waals surface area (Å²) in [6, 6.07) is 15.3. The zero-order valence-corrected chi connectivity index (χ0v) is 14.7. The Morgan fingerprint density at radius 2 is 1.96 bits per heavy atom. The molecular formula is C18H17N5OS. The van der Waals surface area contributed by atoms with Crippen molar-refractivity contribution in [3.63, 3.8) is 0 Å². The summed E-state index contributed by atoms with van der Waals surface area (Å²) in [7, 11) is 0. The fourth-order valence-electron chi connectivity index (χ4n) is 2.38. The van der Waals surface area contributed by atoms with Gasteiger partial charge in [-0.2, -0.15) is 14.9 Å². The van der Waals surface area contributed by atoms with Crippen molar-refractivity contribution in [3.05, 3.63) is 64.4 Å². The van der Waals surface area contributed by atoms with Crippen LogP contribution in [0.15, 0.2) is 53.6 Å². The number of carbonyl (C=O) groups is 1. The number of nitrogens with zero attached hydrogens (tertiary/aromatic N) is 3. The van der Waals surface area contributed by atoms with Crippen molar-refractivity contribution in [2.75, 3.05) is 5.32 Å². The van der Waals surface area contributed by atoms with Crippen molar-refractivity contribution in [1.29, 1.82) is 0 Å². The molecule has 0 aliphatic heterocycles. The van der Waals surface area contributed by atoms with E-state index in [-0.39, 0.29) is 5.91 Å². The molecule has 3 rings (SSSR count). The van der Waals surface area contributed by atoms with E-state index in [0.29, 0.717) is 10.6 Å². The maximum absolute atomic E-state index is 11.1. The largest absolute Gasteiger partial charge is 0.326 e. The van der Waals surface area contributed by atoms with Crippen LogP contribution in [0.25, 0.3) is 11.4 Å². The molecule has 25 heavy (non-hydrogen) atoms. The van der Waals surface area contributed by atoms with Crippen LogP contribution in [-0.2, 0) is 4.79 Å². The summed E-state index contributed by atoms with van der Waals surface area (Å²) in [6.45, 7) is 3.49. The number of benzene rings is 2. The number of anilines is 1. The quantitative estimate of drug-likeness (QED) is 0.555. The molecule has 7 heteroatoms. The minimum absolute atomic E-state index is 0.103. The molecule has 0 saturated carbocycles. The van der Waals surface area contributed by atoms with Gasteiger partial charge >= 0.3 is 0 Å². The normalized spacial score (nSPS) is 11.0. The van der Waals surface area contributed by atoms with E-state index in [0.717, 1.165) is 22.4 Å². The number of aromatic nitrogens is 3. The number of aromatic amines is 1. The van der Waals surface area contributed by atoms with E-state index >= 15 is 0 Å². The first kappa shape index (κ1) is 16.8. The van der Waals surface area contributed by atoms with Gasteiger partial charge in [-0.05, 0) is 42.4 Å². The third-order valence-electron chi connectivity index (χ3n) is 3.59. The van der Waals surface area contributed by atoms with Crippen molar-refractivity contribution in [2.24, 2.45) is 5.10 Å². The summed E-state index contributed by atoms with van der Waals surface area (Å²) in [5.74, 6) is 0.559. The Bertz CT molecular complexity index is 985. The van der Waals surface area contributed by atoms with Crippen molar-refractivity contribution < 1.29 is 4.79 Å². The molecule has 1 aromatic heterocycles. The lowest BCUT2D eigenvalue weighted by Gasteiger charge is -2.04. The van der Waals surface area contributed by atoms with Crippen LogP contribution < -0.4 is 5.32 Å². The van der Waals surface area contributed by atoms with Crippen molar-refractivity contribution in [2.45, 2.75) is 13.8 Å². The van der Waals surface area contributed by atoms with E-state index in [1.807, 2.05) is 55.5 Å². The van der Waals surface area contributed by atoms with Gasteiger partial charge in [-0.15, -0.1) is 0 Å². The van der Waals surface area contributed by atoms with Gasteiger partial charge < -0.3 is 5.32 Å². The molecular weight excluding hydrogens is 334 g/mol. The maximum Gasteiger partial charge on any atom is 0.221 e. The van der Waals surface area contributed by atoms with Gasteiger partial charge in [-0.25, -0.2) is 5.10 Å². The van der Waals surface area contributed by atoms with Gasteiger partial charge in [-0.3, -0.25) is 4.79 Å². The lowest BCUT2D eigenvalue weighted by atomic mass is 10.1. The topological polar surface area (TPSA) is 75.1 Å². The first-order valence-electron chi connectivity index (χ1n) is 7.70. The monoisotopic (exact) mass is 351 g/mol. The maximum atomic E-state index is 11.1. The molecule has 0 spiro atoms. The molecule has 2 N–H and O–H groups in total. The van der Waals surface area contributed by atoms with Gasteiger partial charge in [0.05, 0.1) is 6.21 Å². The third kappa shape index (κ3) is 3.89. The van der Waals surface area contributed by atoms with Crippen LogP contribution >= 0.6 is 12.2 Å². The highest BCUT2D eigenvalue weighted by Gasteiger charge is 2.09. The summed E-state index contributed by atoms with van der Waals surface area (Å²) in [4.78, 5) is 11.1. The van der Waals surface area contributed by atoms with Crippen LogP contribution in [0.3, 0.4) is 0 Å². The Morgan fingerprint density at radius 1 is 1.24 bits per heavy atom. The smallest absolute Gasteiger partial charge is 0.221 e. The number of amides is 1. The second-order valence-electron chi connectivity index (χ2n) is 5.53. The van der Waals surface area contributed by atoms with Gasteiger partial charge in [0, 0.05) is 18.2 Å². The van der Waals surface area contributed by atoms with Gasteiger partial charge in [0.25, 0.3) is 0 Å². The molecule has 126 valence electrons. The lowest BCUT2D eigenvalue weighted by molar-refractivity contribution is -0.114. The summed E-state index contributed by atoms with van der Waals surface area (Å²) < 4.78 is 2.02. The molecule has 0 fully saturated rings. The third-order valence-corrected chi connectivity index (χ3v) is 3.85. The predicted molar refractivity (Wildman–Crippen MR) is 101 cm³/mol. The van der Waals surface area contributed by atoms with E-state index in [4.69, 9.17) is 12.2 Å². The fraction of sp³-hybridized carbons (Fsp3) is 0.111. The second kappa shape index (κ2) is 7.23. The number of aryl methyl sites for hydroxylation is 1. The summed E-state index contributed by atoms with van der Waals surface area (Å²) in [5.41, 5.74) is 3.68. The highest BCUT2D eigenvalue weighted by molar-refractivity contribution is 7.71. The first-order chi connectivity index (χ1) is 12.0. The van der Waals surface area contributed by atoms with Crippen molar-refractivity contribution >= 4 is 30.0 Å². The number of nitrogens with one attached hydrogen (secondary N) is 2. The Kier molecular flexibility index (Phi) is 4.85. The average molecular weight is 351 g/mol. The molecule has 0 saturated heterocycles. The highest BCUT2D eigenvalue weighted by Crippen LogP contribution is 2.21. The lowest BCUT2D eigenvalue weighted by Crippen LogP contribution is -2.05. The van der Waals surface area contributed by atoms with Crippen LogP contribution in [0.5, 0.6) is 0 Å². The van der Waals surface area contributed by atoms with E-state index in [1.165, 1.54) is 6.92 Å². The summed E-state index contributed by atoms with van der Waals surface area (Å²) >= 11 is 5.28. The second-order valence-corrected chi connectivity index (χ2v) is 5.91. The predicted octanol–water partition coefficient (Wildman–Crippen LogP) is 3.76. The number of carbonyl (C=O) groups excluding carboxylic acids is 1. The molecule has 6 nitrogen and oxygen atoms in total. The van der Waals surface area contributed by atoms with Gasteiger partial charge in [-0.1, -0.05) is 36.4 Å². The minimum Gasteiger partial charge on any atom is -0.326 e. The highest BCUT2D eigenvalue weighted by atomic mass is 32.1. The number of hydrogen-bond acceptors (Lipinski definition) is 4. The van der Waals surface area contributed by atoms with Crippen LogP contribution in [-0.4, -0.2) is 27.0 Å². The van der Waals surface area contributed by atoms with E-state index in [9.17, 15) is 4.79 Å². The van der Waals surface area contributed by atoms with Crippen molar-refractivity contribution in [1.82, 2.24) is 14.9 Å². The van der Waals surface area contributed by atoms with Crippen LogP contribution in [0, 0.1) is 11.7 Å². The van der Waals surface area contributed by atoms with Gasteiger partial charge in [0.15, 0.2) is 5.82 Å². The number of hydrogen-bond donors (Lipinski definition) is 2. The Hall–Kier alpha value is -3.06. The zero-order chi connectivity index (χ0) is 17.8. The van der Waals surface area contributed by atoms with E-state index < -0.39 is 0 Å². The Labute approximate surface area is 150 Å².